The Morgan fingerprint density at radius 1 is 1.43 bits per heavy atom. The minimum atomic E-state index is -3.95. The van der Waals surface area contributed by atoms with Crippen molar-refractivity contribution in [3.05, 3.63) is 17.9 Å². The van der Waals surface area contributed by atoms with Gasteiger partial charge in [-0.2, -0.15) is 0 Å². The average Bonchev–Trinajstić information content (AvgIpc) is 2.01. The van der Waals surface area contributed by atoms with E-state index < -0.39 is 15.8 Å². The summed E-state index contributed by atoms with van der Waals surface area (Å²) in [5.74, 6) is -1.06. The average molecular weight is 220 g/mol. The maximum absolute atomic E-state index is 13.1. The molecule has 0 atom stereocenters. The standard InChI is InChI=1S/C7H9FN2O3S/c1-13-7-5(8)2-4(3-6(7)9)14(10,11)12/h2-3H,9H2,1H3,(H2,10,11,12). The summed E-state index contributed by atoms with van der Waals surface area (Å²) in [6.07, 6.45) is 0. The van der Waals surface area contributed by atoms with Gasteiger partial charge in [-0.05, 0) is 12.1 Å². The number of nitrogens with two attached hydrogens (primary N) is 2. The van der Waals surface area contributed by atoms with Crippen LogP contribution in [-0.2, 0) is 10.0 Å². The smallest absolute Gasteiger partial charge is 0.238 e. The van der Waals surface area contributed by atoms with Gasteiger partial charge in [-0.25, -0.2) is 17.9 Å². The van der Waals surface area contributed by atoms with Gasteiger partial charge in [0.25, 0.3) is 0 Å². The van der Waals surface area contributed by atoms with Crippen LogP contribution in [0.15, 0.2) is 17.0 Å². The van der Waals surface area contributed by atoms with Crippen LogP contribution in [0.1, 0.15) is 0 Å². The molecule has 5 nitrogen and oxygen atoms in total. The molecular formula is C7H9FN2O3S. The van der Waals surface area contributed by atoms with Crippen LogP contribution in [0.25, 0.3) is 0 Å². The van der Waals surface area contributed by atoms with Crippen LogP contribution in [0.4, 0.5) is 10.1 Å². The lowest BCUT2D eigenvalue weighted by molar-refractivity contribution is 0.388. The predicted octanol–water partition coefficient (Wildman–Crippen LogP) is 0.0639. The lowest BCUT2D eigenvalue weighted by Gasteiger charge is -2.07. The first-order valence-electron chi connectivity index (χ1n) is 3.52. The Balaban J connectivity index is 3.43. The topological polar surface area (TPSA) is 95.4 Å². The molecular weight excluding hydrogens is 211 g/mol. The van der Waals surface area contributed by atoms with E-state index in [0.29, 0.717) is 0 Å². The molecule has 0 saturated carbocycles. The lowest BCUT2D eigenvalue weighted by atomic mass is 10.3. The van der Waals surface area contributed by atoms with Crippen LogP contribution in [0.5, 0.6) is 5.75 Å². The summed E-state index contributed by atoms with van der Waals surface area (Å²) in [4.78, 5) is -0.381. The van der Waals surface area contributed by atoms with Gasteiger partial charge in [0.1, 0.15) is 0 Å². The summed E-state index contributed by atoms with van der Waals surface area (Å²) in [5, 5.41) is 4.80. The molecule has 0 spiro atoms. The minimum Gasteiger partial charge on any atom is -0.492 e. The summed E-state index contributed by atoms with van der Waals surface area (Å²) in [6, 6.07) is 1.79. The van der Waals surface area contributed by atoms with Gasteiger partial charge >= 0.3 is 0 Å². The monoisotopic (exact) mass is 220 g/mol. The first-order chi connectivity index (χ1) is 6.36. The van der Waals surface area contributed by atoms with E-state index in [0.717, 1.165) is 12.1 Å². The highest BCUT2D eigenvalue weighted by atomic mass is 32.2. The summed E-state index contributed by atoms with van der Waals surface area (Å²) in [7, 11) is -2.72. The molecule has 0 heterocycles. The molecule has 4 N–H and O–H groups in total. The van der Waals surface area contributed by atoms with E-state index in [4.69, 9.17) is 10.9 Å². The SMILES string of the molecule is COc1c(N)cc(S(N)(=O)=O)cc1F. The van der Waals surface area contributed by atoms with Gasteiger partial charge in [-0.3, -0.25) is 0 Å². The fraction of sp³-hybridized carbons (Fsp3) is 0.143. The van der Waals surface area contributed by atoms with Crippen molar-refractivity contribution in [2.24, 2.45) is 5.14 Å². The third-order valence-electron chi connectivity index (χ3n) is 1.58. The van der Waals surface area contributed by atoms with E-state index >= 15 is 0 Å². The molecule has 1 aromatic rings. The zero-order chi connectivity index (χ0) is 10.9. The van der Waals surface area contributed by atoms with Gasteiger partial charge in [-0.15, -0.1) is 0 Å². The second kappa shape index (κ2) is 3.43. The number of hydrogen-bond donors (Lipinski definition) is 2. The molecule has 0 fully saturated rings. The Morgan fingerprint density at radius 2 is 2.00 bits per heavy atom. The van der Waals surface area contributed by atoms with E-state index in [1.54, 1.807) is 0 Å². The van der Waals surface area contributed by atoms with Crippen molar-refractivity contribution in [2.75, 3.05) is 12.8 Å². The molecule has 0 aromatic heterocycles. The van der Waals surface area contributed by atoms with Crippen LogP contribution in [0.2, 0.25) is 0 Å². The van der Waals surface area contributed by atoms with Crippen LogP contribution in [0, 0.1) is 5.82 Å². The number of methoxy groups -OCH3 is 1. The molecule has 0 aliphatic heterocycles. The van der Waals surface area contributed by atoms with E-state index in [1.807, 2.05) is 0 Å². The number of primary sulfonamides is 1. The van der Waals surface area contributed by atoms with E-state index in [-0.39, 0.29) is 16.3 Å². The molecule has 0 unspecified atom stereocenters. The molecule has 78 valence electrons. The summed E-state index contributed by atoms with van der Waals surface area (Å²) < 4.78 is 39.4. The Morgan fingerprint density at radius 3 is 2.36 bits per heavy atom. The number of hydrogen-bond acceptors (Lipinski definition) is 4. The van der Waals surface area contributed by atoms with Gasteiger partial charge in [0.05, 0.1) is 17.7 Å². The Bertz CT molecular complexity index is 435. The number of halogens is 1. The maximum Gasteiger partial charge on any atom is 0.238 e. The Labute approximate surface area is 80.5 Å². The molecule has 0 radical (unpaired) electrons. The third kappa shape index (κ3) is 1.94. The predicted molar refractivity (Wildman–Crippen MR) is 48.7 cm³/mol. The second-order valence-corrected chi connectivity index (χ2v) is 4.13. The number of benzene rings is 1. The minimum absolute atomic E-state index is 0.114. The van der Waals surface area contributed by atoms with Crippen molar-refractivity contribution >= 4 is 15.7 Å². The van der Waals surface area contributed by atoms with Crippen LogP contribution in [-0.4, -0.2) is 15.5 Å². The van der Waals surface area contributed by atoms with Crippen molar-refractivity contribution in [3.8, 4) is 5.75 Å². The van der Waals surface area contributed by atoms with Crippen molar-refractivity contribution in [3.63, 3.8) is 0 Å². The Kier molecular flexibility index (Phi) is 2.63. The quantitative estimate of drug-likeness (QED) is 0.689. The molecule has 1 rings (SSSR count). The zero-order valence-corrected chi connectivity index (χ0v) is 8.14. The number of sulfonamides is 1. The van der Waals surface area contributed by atoms with Crippen LogP contribution >= 0.6 is 0 Å². The lowest BCUT2D eigenvalue weighted by Crippen LogP contribution is -2.13. The van der Waals surface area contributed by atoms with Gasteiger partial charge < -0.3 is 10.5 Å². The Hall–Kier alpha value is -1.34. The molecule has 0 saturated heterocycles. The number of anilines is 1. The van der Waals surface area contributed by atoms with Crippen molar-refractivity contribution in [1.29, 1.82) is 0 Å². The largest absolute Gasteiger partial charge is 0.492 e. The molecule has 0 aliphatic carbocycles. The molecule has 1 aromatic carbocycles. The van der Waals surface area contributed by atoms with E-state index in [2.05, 4.69) is 4.74 Å². The van der Waals surface area contributed by atoms with Gasteiger partial charge in [0.15, 0.2) is 11.6 Å². The van der Waals surface area contributed by atoms with Crippen molar-refractivity contribution < 1.29 is 17.5 Å². The van der Waals surface area contributed by atoms with E-state index in [1.165, 1.54) is 7.11 Å². The molecule has 7 heteroatoms. The highest BCUT2D eigenvalue weighted by Crippen LogP contribution is 2.27. The van der Waals surface area contributed by atoms with Crippen molar-refractivity contribution in [2.45, 2.75) is 4.90 Å². The maximum atomic E-state index is 13.1. The third-order valence-corrected chi connectivity index (χ3v) is 2.47. The van der Waals surface area contributed by atoms with Gasteiger partial charge in [0.2, 0.25) is 10.0 Å². The highest BCUT2D eigenvalue weighted by Gasteiger charge is 2.15. The van der Waals surface area contributed by atoms with Crippen LogP contribution < -0.4 is 15.6 Å². The van der Waals surface area contributed by atoms with Gasteiger partial charge in [-0.1, -0.05) is 0 Å². The molecule has 0 aliphatic rings. The van der Waals surface area contributed by atoms with Crippen molar-refractivity contribution in [1.82, 2.24) is 0 Å². The molecule has 14 heavy (non-hydrogen) atoms. The summed E-state index contributed by atoms with van der Waals surface area (Å²) in [5.41, 5.74) is 5.23. The second-order valence-electron chi connectivity index (χ2n) is 2.57. The van der Waals surface area contributed by atoms with Gasteiger partial charge in [0, 0.05) is 0 Å². The summed E-state index contributed by atoms with van der Waals surface area (Å²) >= 11 is 0. The first-order valence-corrected chi connectivity index (χ1v) is 5.06. The fourth-order valence-electron chi connectivity index (χ4n) is 0.968. The number of rotatable bonds is 2. The summed E-state index contributed by atoms with van der Waals surface area (Å²) in [6.45, 7) is 0. The normalized spacial score (nSPS) is 11.4. The molecule has 0 amide bonds. The molecule has 0 bridgehead atoms. The highest BCUT2D eigenvalue weighted by molar-refractivity contribution is 7.89. The number of ether oxygens (including phenoxy) is 1. The zero-order valence-electron chi connectivity index (χ0n) is 7.32. The van der Waals surface area contributed by atoms with Crippen LogP contribution in [0.3, 0.4) is 0 Å². The van der Waals surface area contributed by atoms with E-state index in [9.17, 15) is 12.8 Å². The number of nitrogen functional groups attached to an aromatic ring is 1. The first kappa shape index (κ1) is 10.7. The fourth-order valence-corrected chi connectivity index (χ4v) is 1.53.